The van der Waals surface area contributed by atoms with E-state index in [1.54, 1.807) is 6.20 Å². The van der Waals surface area contributed by atoms with Crippen LogP contribution in [0.4, 0.5) is 0 Å². The average Bonchev–Trinajstić information content (AvgIpc) is 2.48. The molecule has 0 N–H and O–H groups in total. The third-order valence-electron chi connectivity index (χ3n) is 3.25. The Balaban J connectivity index is 2.15. The molecule has 0 aliphatic carbocycles. The molecular weight excluding hydrogens is 282 g/mol. The van der Waals surface area contributed by atoms with E-state index in [4.69, 9.17) is 16.6 Å². The quantitative estimate of drug-likeness (QED) is 0.700. The van der Waals surface area contributed by atoms with Crippen LogP contribution in [0, 0.1) is 13.8 Å². The summed E-state index contributed by atoms with van der Waals surface area (Å²) >= 11 is 6.25. The van der Waals surface area contributed by atoms with E-state index in [1.165, 1.54) is 0 Å². The first kappa shape index (κ1) is 13.7. The molecule has 0 aliphatic rings. The summed E-state index contributed by atoms with van der Waals surface area (Å²) in [5, 5.41) is 0.685. The Kier molecular flexibility index (Phi) is 3.67. The van der Waals surface area contributed by atoms with E-state index in [1.807, 2.05) is 56.3 Å². The maximum Gasteiger partial charge on any atom is 0.178 e. The zero-order valence-electron chi connectivity index (χ0n) is 11.8. The second-order valence-corrected chi connectivity index (χ2v) is 5.27. The van der Waals surface area contributed by atoms with Gasteiger partial charge in [0.1, 0.15) is 5.69 Å². The number of hydrogen-bond donors (Lipinski definition) is 0. The lowest BCUT2D eigenvalue weighted by Crippen LogP contribution is -1.97. The number of halogens is 1. The number of rotatable bonds is 2. The molecule has 0 bridgehead atoms. The molecule has 2 heterocycles. The van der Waals surface area contributed by atoms with Crippen molar-refractivity contribution in [2.75, 3.05) is 0 Å². The molecule has 104 valence electrons. The molecule has 0 saturated heterocycles. The SMILES string of the molecule is Cc1ccnc(-c2nc(-c3ccccc3Cl)ccc2C)n1. The van der Waals surface area contributed by atoms with E-state index in [-0.39, 0.29) is 0 Å². The lowest BCUT2D eigenvalue weighted by atomic mass is 10.1. The van der Waals surface area contributed by atoms with Crippen molar-refractivity contribution in [1.29, 1.82) is 0 Å². The normalized spacial score (nSPS) is 10.6. The van der Waals surface area contributed by atoms with Crippen molar-refractivity contribution in [3.05, 3.63) is 64.9 Å². The van der Waals surface area contributed by atoms with Crippen LogP contribution >= 0.6 is 11.6 Å². The fourth-order valence-electron chi connectivity index (χ4n) is 2.14. The van der Waals surface area contributed by atoms with Crippen LogP contribution in [-0.4, -0.2) is 15.0 Å². The molecule has 2 aromatic heterocycles. The van der Waals surface area contributed by atoms with E-state index in [0.717, 1.165) is 28.2 Å². The second kappa shape index (κ2) is 5.62. The summed E-state index contributed by atoms with van der Waals surface area (Å²) in [6.45, 7) is 3.95. The van der Waals surface area contributed by atoms with Crippen LogP contribution < -0.4 is 0 Å². The van der Waals surface area contributed by atoms with Crippen molar-refractivity contribution in [1.82, 2.24) is 15.0 Å². The number of hydrogen-bond acceptors (Lipinski definition) is 3. The molecule has 3 nitrogen and oxygen atoms in total. The van der Waals surface area contributed by atoms with Gasteiger partial charge >= 0.3 is 0 Å². The number of benzene rings is 1. The van der Waals surface area contributed by atoms with E-state index in [2.05, 4.69) is 9.97 Å². The summed E-state index contributed by atoms with van der Waals surface area (Å²) in [5.74, 6) is 0.640. The minimum absolute atomic E-state index is 0.640. The Labute approximate surface area is 128 Å². The monoisotopic (exact) mass is 295 g/mol. The largest absolute Gasteiger partial charge is 0.244 e. The molecule has 1 aromatic carbocycles. The number of nitrogens with zero attached hydrogens (tertiary/aromatic N) is 3. The molecule has 21 heavy (non-hydrogen) atoms. The Hall–Kier alpha value is -2.26. The van der Waals surface area contributed by atoms with Crippen LogP contribution in [0.3, 0.4) is 0 Å². The maximum atomic E-state index is 6.25. The highest BCUT2D eigenvalue weighted by Gasteiger charge is 2.11. The van der Waals surface area contributed by atoms with E-state index in [9.17, 15) is 0 Å². The van der Waals surface area contributed by atoms with Gasteiger partial charge in [-0.3, -0.25) is 0 Å². The summed E-state index contributed by atoms with van der Waals surface area (Å²) < 4.78 is 0. The minimum atomic E-state index is 0.640. The molecule has 0 spiro atoms. The van der Waals surface area contributed by atoms with Crippen LogP contribution in [0.2, 0.25) is 5.02 Å². The minimum Gasteiger partial charge on any atom is -0.244 e. The molecule has 0 unspecified atom stereocenters. The molecule has 3 aromatic rings. The predicted molar refractivity (Wildman–Crippen MR) is 85.2 cm³/mol. The van der Waals surface area contributed by atoms with E-state index in [0.29, 0.717) is 10.8 Å². The summed E-state index contributed by atoms with van der Waals surface area (Å²) in [6, 6.07) is 13.5. The highest BCUT2D eigenvalue weighted by atomic mass is 35.5. The highest BCUT2D eigenvalue weighted by molar-refractivity contribution is 6.33. The number of aromatic nitrogens is 3. The fraction of sp³-hybridized carbons (Fsp3) is 0.118. The number of aryl methyl sites for hydroxylation is 2. The molecule has 0 radical (unpaired) electrons. The summed E-state index contributed by atoms with van der Waals surface area (Å²) in [7, 11) is 0. The summed E-state index contributed by atoms with van der Waals surface area (Å²) in [4.78, 5) is 13.5. The van der Waals surface area contributed by atoms with Gasteiger partial charge in [-0.1, -0.05) is 35.9 Å². The van der Waals surface area contributed by atoms with Crippen LogP contribution in [0.1, 0.15) is 11.3 Å². The molecule has 0 aliphatic heterocycles. The van der Waals surface area contributed by atoms with Gasteiger partial charge in [0, 0.05) is 22.5 Å². The van der Waals surface area contributed by atoms with E-state index < -0.39 is 0 Å². The second-order valence-electron chi connectivity index (χ2n) is 4.86. The first-order chi connectivity index (χ1) is 10.1. The Morgan fingerprint density at radius 2 is 1.71 bits per heavy atom. The molecule has 0 atom stereocenters. The van der Waals surface area contributed by atoms with Gasteiger partial charge in [0.25, 0.3) is 0 Å². The third kappa shape index (κ3) is 2.78. The average molecular weight is 296 g/mol. The van der Waals surface area contributed by atoms with E-state index >= 15 is 0 Å². The standard InChI is InChI=1S/C17H14ClN3/c1-11-7-8-15(13-5-3-4-6-14(13)18)21-16(11)17-19-10-9-12(2)20-17/h3-10H,1-2H3. The summed E-state index contributed by atoms with van der Waals surface area (Å²) in [5.41, 5.74) is 4.48. The van der Waals surface area contributed by atoms with Gasteiger partial charge in [0.2, 0.25) is 0 Å². The van der Waals surface area contributed by atoms with Gasteiger partial charge < -0.3 is 0 Å². The van der Waals surface area contributed by atoms with Crippen molar-refractivity contribution in [3.63, 3.8) is 0 Å². The molecule has 4 heteroatoms. The van der Waals surface area contributed by atoms with Crippen molar-refractivity contribution in [3.8, 4) is 22.8 Å². The van der Waals surface area contributed by atoms with Gasteiger partial charge in [-0.05, 0) is 37.6 Å². The molecule has 0 saturated carbocycles. The first-order valence-electron chi connectivity index (χ1n) is 6.68. The topological polar surface area (TPSA) is 38.7 Å². The van der Waals surface area contributed by atoms with Gasteiger partial charge in [0.05, 0.1) is 5.69 Å². The molecular formula is C17H14ClN3. The first-order valence-corrected chi connectivity index (χ1v) is 7.05. The fourth-order valence-corrected chi connectivity index (χ4v) is 2.37. The summed E-state index contributed by atoms with van der Waals surface area (Å²) in [6.07, 6.45) is 1.75. The van der Waals surface area contributed by atoms with Gasteiger partial charge in [0.15, 0.2) is 5.82 Å². The van der Waals surface area contributed by atoms with Crippen molar-refractivity contribution in [2.45, 2.75) is 13.8 Å². The lowest BCUT2D eigenvalue weighted by molar-refractivity contribution is 1.08. The highest BCUT2D eigenvalue weighted by Crippen LogP contribution is 2.28. The van der Waals surface area contributed by atoms with Gasteiger partial charge in [-0.25, -0.2) is 15.0 Å². The van der Waals surface area contributed by atoms with Crippen molar-refractivity contribution < 1.29 is 0 Å². The third-order valence-corrected chi connectivity index (χ3v) is 3.58. The zero-order chi connectivity index (χ0) is 14.8. The van der Waals surface area contributed by atoms with Gasteiger partial charge in [-0.15, -0.1) is 0 Å². The van der Waals surface area contributed by atoms with Crippen LogP contribution in [0.25, 0.3) is 22.8 Å². The van der Waals surface area contributed by atoms with Crippen molar-refractivity contribution >= 4 is 11.6 Å². The van der Waals surface area contributed by atoms with Crippen LogP contribution in [-0.2, 0) is 0 Å². The Morgan fingerprint density at radius 3 is 2.48 bits per heavy atom. The lowest BCUT2D eigenvalue weighted by Gasteiger charge is -2.08. The van der Waals surface area contributed by atoms with Gasteiger partial charge in [-0.2, -0.15) is 0 Å². The number of pyridine rings is 1. The smallest absolute Gasteiger partial charge is 0.178 e. The molecule has 3 rings (SSSR count). The van der Waals surface area contributed by atoms with Crippen LogP contribution in [0.15, 0.2) is 48.7 Å². The predicted octanol–water partition coefficient (Wildman–Crippen LogP) is 4.48. The van der Waals surface area contributed by atoms with Crippen molar-refractivity contribution in [2.24, 2.45) is 0 Å². The molecule has 0 fully saturated rings. The molecule has 0 amide bonds. The Morgan fingerprint density at radius 1 is 0.905 bits per heavy atom. The Bertz CT molecular complexity index is 800. The zero-order valence-corrected chi connectivity index (χ0v) is 12.6. The maximum absolute atomic E-state index is 6.25. The van der Waals surface area contributed by atoms with Crippen LogP contribution in [0.5, 0.6) is 0 Å².